The van der Waals surface area contributed by atoms with Gasteiger partial charge in [0.2, 0.25) is 5.91 Å². The highest BCUT2D eigenvalue weighted by Gasteiger charge is 2.29. The molecule has 0 spiro atoms. The van der Waals surface area contributed by atoms with Gasteiger partial charge in [0.1, 0.15) is 17.8 Å². The SMILES string of the molecule is CCc1ccc(C2CCCCCN2C(=O)CCc2c(C)nc3ncnn3c2C)o1. The highest BCUT2D eigenvalue weighted by atomic mass is 16.3. The van der Waals surface area contributed by atoms with Crippen LogP contribution in [-0.2, 0) is 17.6 Å². The van der Waals surface area contributed by atoms with E-state index in [1.165, 1.54) is 6.33 Å². The minimum absolute atomic E-state index is 0.0448. The maximum absolute atomic E-state index is 13.2. The molecule has 1 fully saturated rings. The number of carbonyl (C=O) groups excluding carboxylic acids is 1. The van der Waals surface area contributed by atoms with Crippen molar-refractivity contribution in [2.75, 3.05) is 6.54 Å². The van der Waals surface area contributed by atoms with E-state index in [0.29, 0.717) is 18.6 Å². The van der Waals surface area contributed by atoms with Gasteiger partial charge in [-0.2, -0.15) is 10.1 Å². The van der Waals surface area contributed by atoms with Crippen LogP contribution in [-0.4, -0.2) is 36.9 Å². The van der Waals surface area contributed by atoms with Crippen LogP contribution in [0.2, 0.25) is 0 Å². The first kappa shape index (κ1) is 19.6. The number of aromatic nitrogens is 4. The Balaban J connectivity index is 1.53. The number of likely N-dealkylation sites (tertiary alicyclic amines) is 1. The quantitative estimate of drug-likeness (QED) is 0.653. The van der Waals surface area contributed by atoms with E-state index >= 15 is 0 Å². The summed E-state index contributed by atoms with van der Waals surface area (Å²) in [6.07, 6.45) is 7.80. The lowest BCUT2D eigenvalue weighted by Crippen LogP contribution is -2.35. The molecular formula is C22H29N5O2. The van der Waals surface area contributed by atoms with Gasteiger partial charge in [0, 0.05) is 30.8 Å². The minimum atomic E-state index is 0.0448. The van der Waals surface area contributed by atoms with E-state index in [9.17, 15) is 4.79 Å². The van der Waals surface area contributed by atoms with Gasteiger partial charge in [0.15, 0.2) is 0 Å². The molecule has 154 valence electrons. The largest absolute Gasteiger partial charge is 0.464 e. The molecule has 1 aliphatic heterocycles. The normalized spacial score (nSPS) is 17.6. The van der Waals surface area contributed by atoms with E-state index in [0.717, 1.165) is 67.1 Å². The van der Waals surface area contributed by atoms with Gasteiger partial charge in [0.05, 0.1) is 6.04 Å². The predicted molar refractivity (Wildman–Crippen MR) is 110 cm³/mol. The molecule has 0 bridgehead atoms. The third-order valence-electron chi connectivity index (χ3n) is 6.01. The van der Waals surface area contributed by atoms with Crippen LogP contribution >= 0.6 is 0 Å². The number of carbonyl (C=O) groups is 1. The molecule has 0 aromatic carbocycles. The fraction of sp³-hybridized carbons (Fsp3) is 0.545. The molecule has 4 heterocycles. The molecule has 3 aromatic rings. The molecule has 0 aliphatic carbocycles. The lowest BCUT2D eigenvalue weighted by molar-refractivity contribution is -0.134. The predicted octanol–water partition coefficient (Wildman–Crippen LogP) is 3.97. The van der Waals surface area contributed by atoms with Gasteiger partial charge in [-0.25, -0.2) is 9.50 Å². The number of amides is 1. The van der Waals surface area contributed by atoms with Crippen LogP contribution in [0.1, 0.15) is 73.5 Å². The summed E-state index contributed by atoms with van der Waals surface area (Å²) in [5.41, 5.74) is 3.00. The van der Waals surface area contributed by atoms with Crippen molar-refractivity contribution >= 4 is 11.7 Å². The highest BCUT2D eigenvalue weighted by molar-refractivity contribution is 5.77. The second-order valence-electron chi connectivity index (χ2n) is 7.84. The Bertz CT molecular complexity index is 1010. The molecule has 1 amide bonds. The number of nitrogens with zero attached hydrogens (tertiary/aromatic N) is 5. The van der Waals surface area contributed by atoms with Crippen molar-refractivity contribution in [3.05, 3.63) is 46.9 Å². The standard InChI is InChI=1S/C22H29N5O2/c1-4-17-9-11-20(29-17)19-8-6-5-7-13-26(19)21(28)12-10-18-15(2)25-22-23-14-24-27(22)16(18)3/h9,11,14,19H,4-8,10,12-13H2,1-3H3. The summed E-state index contributed by atoms with van der Waals surface area (Å²) in [7, 11) is 0. The summed E-state index contributed by atoms with van der Waals surface area (Å²) in [5.74, 6) is 2.70. The summed E-state index contributed by atoms with van der Waals surface area (Å²) in [6.45, 7) is 6.87. The van der Waals surface area contributed by atoms with Crippen molar-refractivity contribution in [2.45, 2.75) is 71.8 Å². The fourth-order valence-corrected chi connectivity index (χ4v) is 4.36. The lowest BCUT2D eigenvalue weighted by Gasteiger charge is -2.29. The molecule has 7 nitrogen and oxygen atoms in total. The van der Waals surface area contributed by atoms with Crippen molar-refractivity contribution in [1.82, 2.24) is 24.5 Å². The van der Waals surface area contributed by atoms with Crippen LogP contribution in [0.25, 0.3) is 5.78 Å². The molecule has 0 radical (unpaired) electrons. The average molecular weight is 396 g/mol. The van der Waals surface area contributed by atoms with E-state index in [2.05, 4.69) is 22.0 Å². The molecule has 1 atom stereocenters. The molecule has 29 heavy (non-hydrogen) atoms. The number of rotatable bonds is 5. The lowest BCUT2D eigenvalue weighted by atomic mass is 10.0. The Morgan fingerprint density at radius 3 is 2.90 bits per heavy atom. The van der Waals surface area contributed by atoms with Crippen LogP contribution in [0.5, 0.6) is 0 Å². The van der Waals surface area contributed by atoms with E-state index in [4.69, 9.17) is 4.42 Å². The first-order valence-corrected chi connectivity index (χ1v) is 10.6. The minimum Gasteiger partial charge on any atom is -0.464 e. The topological polar surface area (TPSA) is 76.5 Å². The number of aryl methyl sites for hydroxylation is 3. The number of hydrogen-bond donors (Lipinski definition) is 0. The molecule has 0 N–H and O–H groups in total. The summed E-state index contributed by atoms with van der Waals surface area (Å²) < 4.78 is 7.77. The Morgan fingerprint density at radius 1 is 1.24 bits per heavy atom. The van der Waals surface area contributed by atoms with Gasteiger partial charge >= 0.3 is 0 Å². The number of hydrogen-bond acceptors (Lipinski definition) is 5. The number of fused-ring (bicyclic) bond motifs is 1. The summed E-state index contributed by atoms with van der Waals surface area (Å²) in [5, 5.41) is 4.25. The zero-order valence-corrected chi connectivity index (χ0v) is 17.5. The molecule has 0 saturated carbocycles. The average Bonchev–Trinajstić information content (AvgIpc) is 3.31. The van der Waals surface area contributed by atoms with E-state index in [1.54, 1.807) is 4.52 Å². The van der Waals surface area contributed by atoms with Gasteiger partial charge in [-0.1, -0.05) is 19.8 Å². The van der Waals surface area contributed by atoms with Crippen LogP contribution in [0.4, 0.5) is 0 Å². The molecule has 7 heteroatoms. The highest BCUT2D eigenvalue weighted by Crippen LogP contribution is 2.32. The van der Waals surface area contributed by atoms with Crippen molar-refractivity contribution in [3.63, 3.8) is 0 Å². The zero-order chi connectivity index (χ0) is 20.4. The fourth-order valence-electron chi connectivity index (χ4n) is 4.36. The van der Waals surface area contributed by atoms with E-state index < -0.39 is 0 Å². The van der Waals surface area contributed by atoms with Gasteiger partial charge in [-0.15, -0.1) is 0 Å². The molecule has 4 rings (SSSR count). The Kier molecular flexibility index (Phi) is 5.65. The van der Waals surface area contributed by atoms with Crippen LogP contribution in [0, 0.1) is 13.8 Å². The van der Waals surface area contributed by atoms with Crippen molar-refractivity contribution in [3.8, 4) is 0 Å². The van der Waals surface area contributed by atoms with Gasteiger partial charge in [-0.3, -0.25) is 4.79 Å². The second kappa shape index (κ2) is 8.35. The summed E-state index contributed by atoms with van der Waals surface area (Å²) in [4.78, 5) is 24.0. The maximum Gasteiger partial charge on any atom is 0.252 e. The number of furan rings is 1. The first-order chi connectivity index (χ1) is 14.1. The summed E-state index contributed by atoms with van der Waals surface area (Å²) >= 11 is 0. The van der Waals surface area contributed by atoms with Crippen LogP contribution < -0.4 is 0 Å². The van der Waals surface area contributed by atoms with E-state index in [1.807, 2.05) is 30.9 Å². The molecular weight excluding hydrogens is 366 g/mol. The van der Waals surface area contributed by atoms with Crippen molar-refractivity contribution in [1.29, 1.82) is 0 Å². The third kappa shape index (κ3) is 3.91. The van der Waals surface area contributed by atoms with Gasteiger partial charge < -0.3 is 9.32 Å². The summed E-state index contributed by atoms with van der Waals surface area (Å²) in [6, 6.07) is 4.13. The van der Waals surface area contributed by atoms with Crippen LogP contribution in [0.15, 0.2) is 22.9 Å². The first-order valence-electron chi connectivity index (χ1n) is 10.6. The van der Waals surface area contributed by atoms with Gasteiger partial charge in [0.25, 0.3) is 5.78 Å². The Hall–Kier alpha value is -2.70. The maximum atomic E-state index is 13.2. The third-order valence-corrected chi connectivity index (χ3v) is 6.01. The molecule has 1 aliphatic rings. The monoisotopic (exact) mass is 395 g/mol. The molecule has 1 saturated heterocycles. The van der Waals surface area contributed by atoms with Gasteiger partial charge in [-0.05, 0) is 50.8 Å². The van der Waals surface area contributed by atoms with Crippen LogP contribution in [0.3, 0.4) is 0 Å². The molecule has 3 aromatic heterocycles. The van der Waals surface area contributed by atoms with Crippen molar-refractivity contribution < 1.29 is 9.21 Å². The van der Waals surface area contributed by atoms with Crippen molar-refractivity contribution in [2.24, 2.45) is 0 Å². The second-order valence-corrected chi connectivity index (χ2v) is 7.84. The zero-order valence-electron chi connectivity index (χ0n) is 17.5. The molecule has 1 unspecified atom stereocenters. The Labute approximate surface area is 171 Å². The Morgan fingerprint density at radius 2 is 2.10 bits per heavy atom. The smallest absolute Gasteiger partial charge is 0.252 e. The van der Waals surface area contributed by atoms with E-state index in [-0.39, 0.29) is 11.9 Å².